The first-order valence-corrected chi connectivity index (χ1v) is 12.8. The Labute approximate surface area is 194 Å². The van der Waals surface area contributed by atoms with Crippen molar-refractivity contribution in [1.82, 2.24) is 15.3 Å². The van der Waals surface area contributed by atoms with Gasteiger partial charge in [0.05, 0.1) is 30.7 Å². The number of urea groups is 1. The summed E-state index contributed by atoms with van der Waals surface area (Å²) >= 11 is 0. The van der Waals surface area contributed by atoms with Crippen LogP contribution in [0.1, 0.15) is 26.0 Å². The number of aliphatic hydroxyl groups is 1. The Balaban J connectivity index is 1.86. The van der Waals surface area contributed by atoms with Crippen molar-refractivity contribution in [3.63, 3.8) is 0 Å². The Bertz CT molecular complexity index is 1050. The molecule has 0 aliphatic carbocycles. The van der Waals surface area contributed by atoms with Crippen LogP contribution in [-0.4, -0.2) is 74.2 Å². The summed E-state index contributed by atoms with van der Waals surface area (Å²) in [5.74, 6) is 0.975. The predicted molar refractivity (Wildman–Crippen MR) is 127 cm³/mol. The lowest BCUT2D eigenvalue weighted by atomic mass is 10.2. The third kappa shape index (κ3) is 7.11. The molecule has 2 heterocycles. The van der Waals surface area contributed by atoms with Crippen LogP contribution in [-0.2, 0) is 20.3 Å². The second-order valence-electron chi connectivity index (χ2n) is 7.87. The van der Waals surface area contributed by atoms with E-state index in [4.69, 9.17) is 14.8 Å². The minimum Gasteiger partial charge on any atom is -0.396 e. The number of anilines is 2. The largest absolute Gasteiger partial charge is 0.396 e. The Kier molecular flexibility index (Phi) is 8.59. The average molecular weight is 478 g/mol. The van der Waals surface area contributed by atoms with Gasteiger partial charge in [-0.05, 0) is 37.6 Å². The fourth-order valence-electron chi connectivity index (χ4n) is 3.39. The van der Waals surface area contributed by atoms with E-state index >= 15 is 0 Å². The second kappa shape index (κ2) is 11.4. The third-order valence-electron chi connectivity index (χ3n) is 5.26. The molecule has 11 heteroatoms. The Morgan fingerprint density at radius 3 is 2.70 bits per heavy atom. The van der Waals surface area contributed by atoms with Crippen LogP contribution in [0.5, 0.6) is 0 Å². The number of hydrogen-bond acceptors (Lipinski definition) is 8. The monoisotopic (exact) mass is 477 g/mol. The topological polar surface area (TPSA) is 134 Å². The van der Waals surface area contributed by atoms with E-state index in [9.17, 15) is 13.2 Å². The Morgan fingerprint density at radius 1 is 1.27 bits per heavy atom. The smallest absolute Gasteiger partial charge is 0.319 e. The lowest BCUT2D eigenvalue weighted by molar-refractivity contribution is 0.0985. The van der Waals surface area contributed by atoms with Crippen molar-refractivity contribution in [2.24, 2.45) is 0 Å². The number of hydrogen-bond donors (Lipinski definition) is 3. The number of aromatic nitrogens is 2. The first-order chi connectivity index (χ1) is 15.8. The van der Waals surface area contributed by atoms with Crippen LogP contribution in [0, 0.1) is 0 Å². The van der Waals surface area contributed by atoms with Gasteiger partial charge in [0, 0.05) is 42.8 Å². The zero-order valence-electron chi connectivity index (χ0n) is 19.0. The number of sulfone groups is 1. The number of benzene rings is 1. The van der Waals surface area contributed by atoms with Crippen LogP contribution in [0.4, 0.5) is 16.3 Å². The summed E-state index contributed by atoms with van der Waals surface area (Å²) < 4.78 is 30.0. The molecule has 1 fully saturated rings. The fraction of sp³-hybridized carbons (Fsp3) is 0.500. The van der Waals surface area contributed by atoms with E-state index in [-0.39, 0.29) is 30.2 Å². The molecule has 1 saturated heterocycles. The molecule has 3 rings (SSSR count). The summed E-state index contributed by atoms with van der Waals surface area (Å²) in [6.45, 7) is 5.86. The van der Waals surface area contributed by atoms with Crippen molar-refractivity contribution in [3.8, 4) is 11.4 Å². The highest BCUT2D eigenvalue weighted by Crippen LogP contribution is 2.25. The minimum atomic E-state index is -3.27. The van der Waals surface area contributed by atoms with Gasteiger partial charge < -0.3 is 25.4 Å². The number of carbonyl (C=O) groups is 1. The van der Waals surface area contributed by atoms with Gasteiger partial charge in [0.1, 0.15) is 5.82 Å². The molecular weight excluding hydrogens is 446 g/mol. The standard InChI is InChI=1S/C22H31N5O5S/c1-3-33(30,31)15-19-13-20(27-10-12-32-14-16(27)2)26-21(24-19)17-5-7-18(8-6-17)25-22(29)23-9-4-11-28/h5-8,13,16,28H,3-4,9-12,14-15H2,1-2H3,(H2,23,25,29)/t16-/m0/s1. The molecule has 0 bridgehead atoms. The molecule has 3 N–H and O–H groups in total. The van der Waals surface area contributed by atoms with Crippen LogP contribution in [0.25, 0.3) is 11.4 Å². The molecule has 0 saturated carbocycles. The summed E-state index contributed by atoms with van der Waals surface area (Å²) in [7, 11) is -3.27. The van der Waals surface area contributed by atoms with Gasteiger partial charge in [0.15, 0.2) is 15.7 Å². The zero-order valence-corrected chi connectivity index (χ0v) is 19.8. The number of nitrogens with zero attached hydrogens (tertiary/aromatic N) is 3. The number of rotatable bonds is 9. The maximum Gasteiger partial charge on any atom is 0.319 e. The van der Waals surface area contributed by atoms with Crippen LogP contribution in [0.2, 0.25) is 0 Å². The number of nitrogens with one attached hydrogen (secondary N) is 2. The molecular formula is C22H31N5O5S. The van der Waals surface area contributed by atoms with E-state index in [1.54, 1.807) is 37.3 Å². The number of aliphatic hydroxyl groups excluding tert-OH is 1. The molecule has 1 aliphatic rings. The van der Waals surface area contributed by atoms with Gasteiger partial charge in [-0.15, -0.1) is 0 Å². The van der Waals surface area contributed by atoms with E-state index in [1.807, 2.05) is 6.92 Å². The molecule has 0 spiro atoms. The van der Waals surface area contributed by atoms with Crippen LogP contribution < -0.4 is 15.5 Å². The number of morpholine rings is 1. The molecule has 1 aliphatic heterocycles. The molecule has 2 aromatic rings. The molecule has 180 valence electrons. The maximum atomic E-state index is 12.3. The number of ether oxygens (including phenoxy) is 1. The van der Waals surface area contributed by atoms with Gasteiger partial charge in [-0.3, -0.25) is 0 Å². The van der Waals surface area contributed by atoms with E-state index in [0.717, 1.165) is 0 Å². The maximum absolute atomic E-state index is 12.3. The highest BCUT2D eigenvalue weighted by atomic mass is 32.2. The van der Waals surface area contributed by atoms with Crippen molar-refractivity contribution in [2.45, 2.75) is 32.1 Å². The van der Waals surface area contributed by atoms with Gasteiger partial charge in [-0.1, -0.05) is 6.92 Å². The molecule has 10 nitrogen and oxygen atoms in total. The van der Waals surface area contributed by atoms with Crippen molar-refractivity contribution in [2.75, 3.05) is 48.9 Å². The minimum absolute atomic E-state index is 0.0127. The molecule has 1 aromatic heterocycles. The summed E-state index contributed by atoms with van der Waals surface area (Å²) in [6, 6.07) is 8.52. The first kappa shape index (κ1) is 24.9. The Hall–Kier alpha value is -2.76. The van der Waals surface area contributed by atoms with Gasteiger partial charge in [-0.2, -0.15) is 0 Å². The highest BCUT2D eigenvalue weighted by Gasteiger charge is 2.23. The third-order valence-corrected chi connectivity index (χ3v) is 6.87. The van der Waals surface area contributed by atoms with Crippen molar-refractivity contribution < 1.29 is 23.1 Å². The quantitative estimate of drug-likeness (QED) is 0.466. The first-order valence-electron chi connectivity index (χ1n) is 11.0. The molecule has 0 radical (unpaired) electrons. The number of amides is 2. The van der Waals surface area contributed by atoms with E-state index in [1.165, 1.54) is 0 Å². The van der Waals surface area contributed by atoms with Gasteiger partial charge in [0.2, 0.25) is 0 Å². The lowest BCUT2D eigenvalue weighted by Gasteiger charge is -2.34. The van der Waals surface area contributed by atoms with Crippen LogP contribution in [0.3, 0.4) is 0 Å². The SMILES string of the molecule is CCS(=O)(=O)Cc1cc(N2CCOC[C@@H]2C)nc(-c2ccc(NC(=O)NCCCO)cc2)n1. The van der Waals surface area contributed by atoms with E-state index < -0.39 is 9.84 Å². The second-order valence-corrected chi connectivity index (χ2v) is 10.2. The molecule has 1 aromatic carbocycles. The highest BCUT2D eigenvalue weighted by molar-refractivity contribution is 7.90. The molecule has 2 amide bonds. The van der Waals surface area contributed by atoms with Gasteiger partial charge >= 0.3 is 6.03 Å². The van der Waals surface area contributed by atoms with Crippen molar-refractivity contribution in [3.05, 3.63) is 36.0 Å². The average Bonchev–Trinajstić information content (AvgIpc) is 2.79. The molecule has 0 unspecified atom stereocenters. The predicted octanol–water partition coefficient (Wildman–Crippen LogP) is 1.81. The Morgan fingerprint density at radius 2 is 2.03 bits per heavy atom. The summed E-state index contributed by atoms with van der Waals surface area (Å²) in [5, 5.41) is 14.2. The van der Waals surface area contributed by atoms with Gasteiger partial charge in [0.25, 0.3) is 0 Å². The molecule has 1 atom stereocenters. The molecule has 33 heavy (non-hydrogen) atoms. The van der Waals surface area contributed by atoms with Crippen LogP contribution >= 0.6 is 0 Å². The normalized spacial score (nSPS) is 16.5. The van der Waals surface area contributed by atoms with Gasteiger partial charge in [-0.25, -0.2) is 23.2 Å². The summed E-state index contributed by atoms with van der Waals surface area (Å²) in [5.41, 5.74) is 1.74. The number of carbonyl (C=O) groups excluding carboxylic acids is 1. The fourth-order valence-corrected chi connectivity index (χ4v) is 4.19. The van der Waals surface area contributed by atoms with E-state index in [0.29, 0.717) is 61.3 Å². The van der Waals surface area contributed by atoms with Crippen molar-refractivity contribution in [1.29, 1.82) is 0 Å². The summed E-state index contributed by atoms with van der Waals surface area (Å²) in [4.78, 5) is 23.2. The summed E-state index contributed by atoms with van der Waals surface area (Å²) in [6.07, 6.45) is 0.484. The van der Waals surface area contributed by atoms with E-state index in [2.05, 4.69) is 20.5 Å². The van der Waals surface area contributed by atoms with Crippen molar-refractivity contribution >= 4 is 27.4 Å². The lowest BCUT2D eigenvalue weighted by Crippen LogP contribution is -2.44. The van der Waals surface area contributed by atoms with Crippen LogP contribution in [0.15, 0.2) is 30.3 Å². The zero-order chi connectivity index (χ0) is 23.8.